The van der Waals surface area contributed by atoms with E-state index >= 15 is 0 Å². The molecule has 35 heavy (non-hydrogen) atoms. The fourth-order valence-electron chi connectivity index (χ4n) is 3.40. The van der Waals surface area contributed by atoms with Crippen molar-refractivity contribution < 1.29 is 24.2 Å². The number of carbonyl (C=O) groups is 2. The molecule has 4 aromatic rings. The number of hydrogen-bond donors (Lipinski definition) is 2. The van der Waals surface area contributed by atoms with Gasteiger partial charge in [-0.2, -0.15) is 0 Å². The topological polar surface area (TPSA) is 168 Å². The van der Waals surface area contributed by atoms with Crippen LogP contribution >= 0.6 is 0 Å². The monoisotopic (exact) mass is 476 g/mol. The van der Waals surface area contributed by atoms with Gasteiger partial charge in [-0.05, 0) is 42.0 Å². The van der Waals surface area contributed by atoms with Crippen molar-refractivity contribution in [1.82, 2.24) is 0 Å². The number of nitro benzene ring substituents is 2. The van der Waals surface area contributed by atoms with Gasteiger partial charge in [-0.3, -0.25) is 25.0 Å². The van der Waals surface area contributed by atoms with Crippen LogP contribution in [-0.2, 0) is 14.3 Å². The minimum absolute atomic E-state index is 0.0110. The molecule has 0 aliphatic carbocycles. The highest BCUT2D eigenvalue weighted by Gasteiger charge is 2.23. The van der Waals surface area contributed by atoms with Crippen LogP contribution in [0.15, 0.2) is 72.8 Å². The molecular weight excluding hydrogens is 456 g/mol. The number of nitro groups is 2. The van der Waals surface area contributed by atoms with Gasteiger partial charge in [-0.15, -0.1) is 0 Å². The third kappa shape index (κ3) is 5.47. The number of fused-ring (bicyclic) bond motifs is 2. The number of nitrogens with zero attached hydrogens (tertiary/aromatic N) is 2. The first-order chi connectivity index (χ1) is 16.7. The van der Waals surface area contributed by atoms with E-state index in [9.17, 15) is 29.8 Å². The average Bonchev–Trinajstić information content (AvgIpc) is 2.83. The minimum Gasteiger partial charge on any atom is -0.459 e. The Morgan fingerprint density at radius 3 is 1.89 bits per heavy atom. The van der Waals surface area contributed by atoms with Crippen molar-refractivity contribution >= 4 is 56.2 Å². The van der Waals surface area contributed by atoms with Gasteiger partial charge in [-0.1, -0.05) is 48.5 Å². The highest BCUT2D eigenvalue weighted by atomic mass is 16.6. The molecule has 0 saturated carbocycles. The number of benzene rings is 4. The first-order valence-corrected chi connectivity index (χ1v) is 10.3. The first-order valence-electron chi connectivity index (χ1n) is 10.3. The molecular formula is C24H20N4O7. The van der Waals surface area contributed by atoms with Crippen LogP contribution in [0.1, 0.15) is 6.92 Å². The molecule has 0 fully saturated rings. The summed E-state index contributed by atoms with van der Waals surface area (Å²) in [6.45, 7) is 1.61. The predicted molar refractivity (Wildman–Crippen MR) is 131 cm³/mol. The molecule has 0 atom stereocenters. The normalized spacial score (nSPS) is 10.2. The first kappa shape index (κ1) is 24.6. The van der Waals surface area contributed by atoms with Crippen molar-refractivity contribution in [2.24, 2.45) is 0 Å². The summed E-state index contributed by atoms with van der Waals surface area (Å²) in [5.41, 5.74) is 5.43. The summed E-state index contributed by atoms with van der Waals surface area (Å²) in [4.78, 5) is 43.9. The average molecular weight is 476 g/mol. The van der Waals surface area contributed by atoms with Crippen LogP contribution in [0, 0.1) is 20.2 Å². The maximum atomic E-state index is 11.6. The van der Waals surface area contributed by atoms with Gasteiger partial charge in [0.2, 0.25) is 0 Å². The van der Waals surface area contributed by atoms with Gasteiger partial charge in [-0.25, -0.2) is 4.79 Å². The Hall–Kier alpha value is -5.06. The molecule has 11 heteroatoms. The Morgan fingerprint density at radius 1 is 0.829 bits per heavy atom. The van der Waals surface area contributed by atoms with E-state index in [0.717, 1.165) is 5.39 Å². The number of amides is 1. The summed E-state index contributed by atoms with van der Waals surface area (Å²) in [7, 11) is 0. The molecule has 0 heterocycles. The van der Waals surface area contributed by atoms with Gasteiger partial charge in [0.1, 0.15) is 11.4 Å². The van der Waals surface area contributed by atoms with Crippen LogP contribution in [0.3, 0.4) is 0 Å². The number of nitrogens with two attached hydrogens (primary N) is 1. The second kappa shape index (κ2) is 10.7. The molecule has 4 aromatic carbocycles. The van der Waals surface area contributed by atoms with Crippen LogP contribution in [0.25, 0.3) is 21.5 Å². The lowest BCUT2D eigenvalue weighted by molar-refractivity contribution is -0.382. The number of rotatable bonds is 4. The number of nitrogen functional groups attached to an aromatic ring is 1. The standard InChI is InChI=1S/C14H12N2O5.C10H8N2O2/c1-2-21-14(18)13(17)15-11-8-7-9-5-3-4-6-10(9)12(11)16(19)20;11-9-6-5-7-3-1-2-4-8(7)10(9)12(13)14/h3-8H,2H2,1H3,(H,15,17);1-6H,11H2. The Bertz CT molecular complexity index is 1450. The van der Waals surface area contributed by atoms with Crippen molar-refractivity contribution in [1.29, 1.82) is 0 Å². The van der Waals surface area contributed by atoms with E-state index < -0.39 is 21.7 Å². The van der Waals surface area contributed by atoms with Crippen LogP contribution in [0.2, 0.25) is 0 Å². The van der Waals surface area contributed by atoms with Gasteiger partial charge in [0.15, 0.2) is 0 Å². The summed E-state index contributed by atoms with van der Waals surface area (Å²) < 4.78 is 4.54. The summed E-state index contributed by atoms with van der Waals surface area (Å²) in [5, 5.41) is 26.7. The highest BCUT2D eigenvalue weighted by Crippen LogP contribution is 2.33. The van der Waals surface area contributed by atoms with Crippen LogP contribution in [0.4, 0.5) is 22.7 Å². The molecule has 4 rings (SSSR count). The molecule has 0 aliphatic heterocycles. The predicted octanol–water partition coefficient (Wildman–Crippen LogP) is 4.58. The van der Waals surface area contributed by atoms with Crippen molar-refractivity contribution in [2.45, 2.75) is 6.92 Å². The van der Waals surface area contributed by atoms with Crippen molar-refractivity contribution in [3.05, 3.63) is 93.0 Å². The van der Waals surface area contributed by atoms with Gasteiger partial charge in [0.05, 0.1) is 27.2 Å². The third-order valence-corrected chi connectivity index (χ3v) is 4.91. The number of carbonyl (C=O) groups excluding carboxylic acids is 2. The summed E-state index contributed by atoms with van der Waals surface area (Å²) in [6, 6.07) is 20.2. The second-order valence-corrected chi connectivity index (χ2v) is 7.10. The van der Waals surface area contributed by atoms with E-state index in [1.54, 1.807) is 61.5 Å². The maximum Gasteiger partial charge on any atom is 0.397 e. The molecule has 0 spiro atoms. The number of anilines is 2. The molecule has 3 N–H and O–H groups in total. The van der Waals surface area contributed by atoms with Gasteiger partial charge in [0, 0.05) is 0 Å². The Labute approximate surface area is 198 Å². The molecule has 0 bridgehead atoms. The molecule has 0 radical (unpaired) electrons. The van der Waals surface area contributed by atoms with E-state index in [0.29, 0.717) is 16.2 Å². The summed E-state index contributed by atoms with van der Waals surface area (Å²) in [6.07, 6.45) is 0. The largest absolute Gasteiger partial charge is 0.459 e. The lowest BCUT2D eigenvalue weighted by Crippen LogP contribution is -2.25. The maximum absolute atomic E-state index is 11.6. The Morgan fingerprint density at radius 2 is 1.34 bits per heavy atom. The lowest BCUT2D eigenvalue weighted by Gasteiger charge is -2.07. The molecule has 11 nitrogen and oxygen atoms in total. The second-order valence-electron chi connectivity index (χ2n) is 7.10. The fourth-order valence-corrected chi connectivity index (χ4v) is 3.40. The van der Waals surface area contributed by atoms with Gasteiger partial charge >= 0.3 is 17.6 Å². The van der Waals surface area contributed by atoms with Crippen molar-refractivity contribution in [3.63, 3.8) is 0 Å². The zero-order valence-electron chi connectivity index (χ0n) is 18.5. The SMILES string of the molecule is CCOC(=O)C(=O)Nc1ccc2ccccc2c1[N+](=O)[O-].Nc1ccc2ccccc2c1[N+](=O)[O-]. The minimum atomic E-state index is -1.08. The Balaban J connectivity index is 0.000000211. The number of esters is 1. The summed E-state index contributed by atoms with van der Waals surface area (Å²) >= 11 is 0. The van der Waals surface area contributed by atoms with E-state index in [-0.39, 0.29) is 29.4 Å². The zero-order valence-corrected chi connectivity index (χ0v) is 18.5. The van der Waals surface area contributed by atoms with E-state index in [2.05, 4.69) is 10.1 Å². The molecule has 0 aliphatic rings. The van der Waals surface area contributed by atoms with Gasteiger partial charge < -0.3 is 15.8 Å². The van der Waals surface area contributed by atoms with Gasteiger partial charge in [0.25, 0.3) is 5.69 Å². The van der Waals surface area contributed by atoms with E-state index in [1.165, 1.54) is 6.07 Å². The zero-order chi connectivity index (χ0) is 25.5. The fraction of sp³-hybridized carbons (Fsp3) is 0.0833. The number of nitrogens with one attached hydrogen (secondary N) is 1. The smallest absolute Gasteiger partial charge is 0.397 e. The van der Waals surface area contributed by atoms with E-state index in [1.807, 2.05) is 12.1 Å². The molecule has 1 amide bonds. The van der Waals surface area contributed by atoms with E-state index in [4.69, 9.17) is 5.73 Å². The van der Waals surface area contributed by atoms with Crippen molar-refractivity contribution in [3.8, 4) is 0 Å². The third-order valence-electron chi connectivity index (χ3n) is 4.91. The summed E-state index contributed by atoms with van der Waals surface area (Å²) in [5.74, 6) is -2.13. The number of hydrogen-bond acceptors (Lipinski definition) is 8. The number of ether oxygens (including phenoxy) is 1. The molecule has 0 saturated heterocycles. The molecule has 178 valence electrons. The van der Waals surface area contributed by atoms with Crippen LogP contribution in [-0.4, -0.2) is 28.3 Å². The van der Waals surface area contributed by atoms with Crippen LogP contribution in [0.5, 0.6) is 0 Å². The quantitative estimate of drug-likeness (QED) is 0.142. The van der Waals surface area contributed by atoms with Crippen molar-refractivity contribution in [2.75, 3.05) is 17.7 Å². The van der Waals surface area contributed by atoms with Crippen LogP contribution < -0.4 is 11.1 Å². The lowest BCUT2D eigenvalue weighted by atomic mass is 10.1. The molecule has 0 unspecified atom stereocenters. The Kier molecular flexibility index (Phi) is 7.52. The molecule has 0 aromatic heterocycles. The highest BCUT2D eigenvalue weighted by molar-refractivity contribution is 6.37.